The van der Waals surface area contributed by atoms with Gasteiger partial charge in [-0.15, -0.1) is 0 Å². The average molecular weight is 276 g/mol. The number of ether oxygens (including phenoxy) is 1. The highest BCUT2D eigenvalue weighted by molar-refractivity contribution is 9.10. The SMILES string of the molecule is CNC(=O)CCOc1ccc(F)cc1Br. The van der Waals surface area contributed by atoms with Crippen LogP contribution in [0.15, 0.2) is 22.7 Å². The summed E-state index contributed by atoms with van der Waals surface area (Å²) in [6.45, 7) is 0.268. The first-order valence-electron chi connectivity index (χ1n) is 4.42. The van der Waals surface area contributed by atoms with Gasteiger partial charge in [0.15, 0.2) is 0 Å². The van der Waals surface area contributed by atoms with Crippen molar-refractivity contribution in [1.82, 2.24) is 5.32 Å². The second kappa shape index (κ2) is 5.70. The molecule has 0 saturated heterocycles. The average Bonchev–Trinajstić information content (AvgIpc) is 2.21. The summed E-state index contributed by atoms with van der Waals surface area (Å²) < 4.78 is 18.5. The normalized spacial score (nSPS) is 9.80. The van der Waals surface area contributed by atoms with Crippen LogP contribution in [0.1, 0.15) is 6.42 Å². The van der Waals surface area contributed by atoms with Crippen LogP contribution in [0.5, 0.6) is 5.75 Å². The lowest BCUT2D eigenvalue weighted by Crippen LogP contribution is -2.20. The third kappa shape index (κ3) is 3.87. The Labute approximate surface area is 95.7 Å². The number of carbonyl (C=O) groups excluding carboxylic acids is 1. The Morgan fingerprint density at radius 2 is 2.33 bits per heavy atom. The summed E-state index contributed by atoms with van der Waals surface area (Å²) in [5.41, 5.74) is 0. The zero-order chi connectivity index (χ0) is 11.3. The van der Waals surface area contributed by atoms with Crippen molar-refractivity contribution in [3.8, 4) is 5.75 Å². The molecule has 1 N–H and O–H groups in total. The highest BCUT2D eigenvalue weighted by Crippen LogP contribution is 2.25. The molecular weight excluding hydrogens is 265 g/mol. The van der Waals surface area contributed by atoms with Gasteiger partial charge in [0.2, 0.25) is 5.91 Å². The molecule has 0 aliphatic rings. The highest BCUT2D eigenvalue weighted by Gasteiger charge is 2.03. The Kier molecular flexibility index (Phi) is 4.55. The van der Waals surface area contributed by atoms with E-state index >= 15 is 0 Å². The molecular formula is C10H11BrFNO2. The fourth-order valence-corrected chi connectivity index (χ4v) is 1.44. The molecule has 1 aromatic carbocycles. The van der Waals surface area contributed by atoms with Crippen LogP contribution in [0.4, 0.5) is 4.39 Å². The van der Waals surface area contributed by atoms with Gasteiger partial charge in [-0.25, -0.2) is 4.39 Å². The molecule has 3 nitrogen and oxygen atoms in total. The summed E-state index contributed by atoms with van der Waals surface area (Å²) in [6.07, 6.45) is 0.278. The minimum atomic E-state index is -0.333. The Hall–Kier alpha value is -1.10. The van der Waals surface area contributed by atoms with Gasteiger partial charge in [-0.3, -0.25) is 4.79 Å². The molecule has 0 aliphatic heterocycles. The molecule has 0 atom stereocenters. The van der Waals surface area contributed by atoms with Crippen LogP contribution in [0.3, 0.4) is 0 Å². The second-order valence-corrected chi connectivity index (χ2v) is 3.70. The van der Waals surface area contributed by atoms with Crippen LogP contribution in [-0.2, 0) is 4.79 Å². The van der Waals surface area contributed by atoms with Crippen LogP contribution in [-0.4, -0.2) is 19.6 Å². The minimum Gasteiger partial charge on any atom is -0.492 e. The third-order valence-corrected chi connectivity index (χ3v) is 2.38. The molecule has 0 bridgehead atoms. The van der Waals surface area contributed by atoms with E-state index in [0.717, 1.165) is 0 Å². The van der Waals surface area contributed by atoms with Gasteiger partial charge in [0, 0.05) is 7.05 Å². The van der Waals surface area contributed by atoms with E-state index in [9.17, 15) is 9.18 Å². The van der Waals surface area contributed by atoms with Gasteiger partial charge in [-0.05, 0) is 34.1 Å². The quantitative estimate of drug-likeness (QED) is 0.914. The van der Waals surface area contributed by atoms with Crippen LogP contribution >= 0.6 is 15.9 Å². The van der Waals surface area contributed by atoms with Crippen molar-refractivity contribution in [3.63, 3.8) is 0 Å². The fraction of sp³-hybridized carbons (Fsp3) is 0.300. The van der Waals surface area contributed by atoms with E-state index in [1.54, 1.807) is 7.05 Å². The lowest BCUT2D eigenvalue weighted by molar-refractivity contribution is -0.121. The summed E-state index contributed by atoms with van der Waals surface area (Å²) in [7, 11) is 1.57. The van der Waals surface area contributed by atoms with Crippen LogP contribution in [0.2, 0.25) is 0 Å². The fourth-order valence-electron chi connectivity index (χ4n) is 0.971. The molecule has 5 heteroatoms. The number of amides is 1. The smallest absolute Gasteiger partial charge is 0.223 e. The Morgan fingerprint density at radius 3 is 2.93 bits per heavy atom. The molecule has 0 heterocycles. The molecule has 0 saturated carbocycles. The maximum Gasteiger partial charge on any atom is 0.223 e. The monoisotopic (exact) mass is 275 g/mol. The minimum absolute atomic E-state index is 0.0896. The summed E-state index contributed by atoms with van der Waals surface area (Å²) in [5.74, 6) is 0.106. The van der Waals surface area contributed by atoms with Gasteiger partial charge < -0.3 is 10.1 Å². The molecule has 0 aliphatic carbocycles. The first-order chi connectivity index (χ1) is 7.13. The lowest BCUT2D eigenvalue weighted by Gasteiger charge is -2.07. The molecule has 0 spiro atoms. The van der Waals surface area contributed by atoms with Crippen molar-refractivity contribution in [1.29, 1.82) is 0 Å². The Bertz CT molecular complexity index is 357. The van der Waals surface area contributed by atoms with Crippen molar-refractivity contribution < 1.29 is 13.9 Å². The first kappa shape index (κ1) is 12.0. The lowest BCUT2D eigenvalue weighted by atomic mass is 10.3. The van der Waals surface area contributed by atoms with Gasteiger partial charge >= 0.3 is 0 Å². The van der Waals surface area contributed by atoms with Gasteiger partial charge in [-0.2, -0.15) is 0 Å². The Morgan fingerprint density at radius 1 is 1.60 bits per heavy atom. The van der Waals surface area contributed by atoms with Crippen molar-refractivity contribution >= 4 is 21.8 Å². The van der Waals surface area contributed by atoms with Gasteiger partial charge in [-0.1, -0.05) is 0 Å². The number of hydrogen-bond acceptors (Lipinski definition) is 2. The summed E-state index contributed by atoms with van der Waals surface area (Å²) in [6, 6.07) is 4.14. The second-order valence-electron chi connectivity index (χ2n) is 2.85. The van der Waals surface area contributed by atoms with Crippen molar-refractivity contribution in [2.45, 2.75) is 6.42 Å². The summed E-state index contributed by atoms with van der Waals surface area (Å²) in [4.78, 5) is 10.9. The third-order valence-electron chi connectivity index (χ3n) is 1.76. The van der Waals surface area contributed by atoms with E-state index in [1.165, 1.54) is 18.2 Å². The predicted octanol–water partition coefficient (Wildman–Crippen LogP) is 2.10. The standard InChI is InChI=1S/C10H11BrFNO2/c1-13-10(14)4-5-15-9-3-2-7(12)6-8(9)11/h2-3,6H,4-5H2,1H3,(H,13,14). The summed E-state index contributed by atoms with van der Waals surface area (Å²) >= 11 is 3.17. The first-order valence-corrected chi connectivity index (χ1v) is 5.21. The predicted molar refractivity (Wildman–Crippen MR) is 58.3 cm³/mol. The van der Waals surface area contributed by atoms with Crippen LogP contribution < -0.4 is 10.1 Å². The van der Waals surface area contributed by atoms with Crippen molar-refractivity contribution in [3.05, 3.63) is 28.5 Å². The molecule has 82 valence electrons. The van der Waals surface area contributed by atoms with Gasteiger partial charge in [0.25, 0.3) is 0 Å². The molecule has 0 unspecified atom stereocenters. The maximum atomic E-state index is 12.7. The van der Waals surface area contributed by atoms with E-state index in [4.69, 9.17) is 4.74 Å². The van der Waals surface area contributed by atoms with Gasteiger partial charge in [0.05, 0.1) is 17.5 Å². The number of halogens is 2. The largest absolute Gasteiger partial charge is 0.492 e. The summed E-state index contributed by atoms with van der Waals surface area (Å²) in [5, 5.41) is 2.48. The molecule has 0 fully saturated rings. The highest BCUT2D eigenvalue weighted by atomic mass is 79.9. The van der Waals surface area contributed by atoms with Gasteiger partial charge in [0.1, 0.15) is 11.6 Å². The van der Waals surface area contributed by atoms with E-state index in [-0.39, 0.29) is 24.8 Å². The van der Waals surface area contributed by atoms with E-state index in [1.807, 2.05) is 0 Å². The topological polar surface area (TPSA) is 38.3 Å². The number of nitrogens with one attached hydrogen (secondary N) is 1. The number of rotatable bonds is 4. The van der Waals surface area contributed by atoms with Crippen molar-refractivity contribution in [2.75, 3.05) is 13.7 Å². The maximum absolute atomic E-state index is 12.7. The zero-order valence-corrected chi connectivity index (χ0v) is 9.80. The Balaban J connectivity index is 2.47. The zero-order valence-electron chi connectivity index (χ0n) is 8.22. The molecule has 15 heavy (non-hydrogen) atoms. The van der Waals surface area contributed by atoms with Crippen molar-refractivity contribution in [2.24, 2.45) is 0 Å². The van der Waals surface area contributed by atoms with E-state index in [0.29, 0.717) is 10.2 Å². The number of hydrogen-bond donors (Lipinski definition) is 1. The number of benzene rings is 1. The van der Waals surface area contributed by atoms with E-state index in [2.05, 4.69) is 21.2 Å². The molecule has 1 aromatic rings. The van der Waals surface area contributed by atoms with Crippen LogP contribution in [0, 0.1) is 5.82 Å². The molecule has 0 aromatic heterocycles. The van der Waals surface area contributed by atoms with Crippen LogP contribution in [0.25, 0.3) is 0 Å². The number of carbonyl (C=O) groups is 1. The van der Waals surface area contributed by atoms with E-state index < -0.39 is 0 Å². The molecule has 0 radical (unpaired) electrons. The molecule has 1 amide bonds. The molecule has 1 rings (SSSR count).